The molecule has 1 unspecified atom stereocenters. The summed E-state index contributed by atoms with van der Waals surface area (Å²) in [6.45, 7) is 19.8. The Morgan fingerprint density at radius 2 is 1.55 bits per heavy atom. The first-order valence-electron chi connectivity index (χ1n) is 11.2. The maximum Gasteiger partial charge on any atom is -0.00103 e. The summed E-state index contributed by atoms with van der Waals surface area (Å²) >= 11 is 0. The first-order valence-corrected chi connectivity index (χ1v) is 11.2. The smallest absolute Gasteiger partial charge is 0.00103 e. The summed E-state index contributed by atoms with van der Waals surface area (Å²) in [5.74, 6) is 0.521. The molecule has 3 aromatic carbocycles. The van der Waals surface area contributed by atoms with Gasteiger partial charge in [-0.05, 0) is 85.2 Å². The van der Waals surface area contributed by atoms with E-state index in [1.54, 1.807) is 16.7 Å². The van der Waals surface area contributed by atoms with Gasteiger partial charge in [0.1, 0.15) is 0 Å². The van der Waals surface area contributed by atoms with Crippen LogP contribution in [0.1, 0.15) is 82.2 Å². The van der Waals surface area contributed by atoms with Crippen LogP contribution in [0.3, 0.4) is 0 Å². The molecule has 0 saturated heterocycles. The lowest BCUT2D eigenvalue weighted by Gasteiger charge is -2.60. The van der Waals surface area contributed by atoms with E-state index in [9.17, 15) is 0 Å². The third-order valence-corrected chi connectivity index (χ3v) is 9.66. The minimum Gasteiger partial charge on any atom is -0.0619 e. The summed E-state index contributed by atoms with van der Waals surface area (Å²) in [6, 6.07) is 16.0. The molecule has 0 heterocycles. The topological polar surface area (TPSA) is 0 Å². The van der Waals surface area contributed by atoms with Crippen molar-refractivity contribution in [2.45, 2.75) is 73.1 Å². The quantitative estimate of drug-likeness (QED) is 0.288. The van der Waals surface area contributed by atoms with Gasteiger partial charge in [0.05, 0.1) is 0 Å². The molecule has 0 aliphatic heterocycles. The average molecular weight is 383 g/mol. The normalized spacial score (nSPS) is 22.8. The first kappa shape index (κ1) is 18.9. The van der Waals surface area contributed by atoms with Gasteiger partial charge >= 0.3 is 0 Å². The van der Waals surface area contributed by atoms with Crippen molar-refractivity contribution in [3.63, 3.8) is 0 Å². The molecule has 0 fully saturated rings. The van der Waals surface area contributed by atoms with Crippen molar-refractivity contribution in [1.29, 1.82) is 0 Å². The summed E-state index contributed by atoms with van der Waals surface area (Å²) in [6.07, 6.45) is 1.08. The Morgan fingerprint density at radius 1 is 0.862 bits per heavy atom. The SMILES string of the molecule is Cc1cccc2c3c(c4c(c12)C(C)(C)C(C)(C)C(C)(C)C4C)Cc1ccccc1-3. The highest BCUT2D eigenvalue weighted by atomic mass is 14.6. The van der Waals surface area contributed by atoms with Crippen molar-refractivity contribution in [3.05, 3.63) is 70.3 Å². The van der Waals surface area contributed by atoms with Crippen LogP contribution in [0.5, 0.6) is 0 Å². The van der Waals surface area contributed by atoms with E-state index < -0.39 is 0 Å². The number of rotatable bonds is 0. The van der Waals surface area contributed by atoms with Crippen molar-refractivity contribution in [2.75, 3.05) is 0 Å². The molecule has 1 atom stereocenters. The molecule has 3 aromatic rings. The van der Waals surface area contributed by atoms with Gasteiger partial charge in [0.25, 0.3) is 0 Å². The fourth-order valence-corrected chi connectivity index (χ4v) is 6.54. The van der Waals surface area contributed by atoms with Gasteiger partial charge in [-0.3, -0.25) is 0 Å². The van der Waals surface area contributed by atoms with Crippen LogP contribution < -0.4 is 0 Å². The fraction of sp³-hybridized carbons (Fsp3) is 0.448. The predicted octanol–water partition coefficient (Wildman–Crippen LogP) is 8.17. The Bertz CT molecular complexity index is 1170. The maximum atomic E-state index is 2.50. The van der Waals surface area contributed by atoms with Crippen LogP contribution >= 0.6 is 0 Å². The Hall–Kier alpha value is -2.08. The fourth-order valence-electron chi connectivity index (χ4n) is 6.54. The van der Waals surface area contributed by atoms with Crippen LogP contribution in [0.2, 0.25) is 0 Å². The molecule has 5 rings (SSSR count). The van der Waals surface area contributed by atoms with Crippen molar-refractivity contribution >= 4 is 10.8 Å². The van der Waals surface area contributed by atoms with Gasteiger partial charge in [0.15, 0.2) is 0 Å². The van der Waals surface area contributed by atoms with Crippen molar-refractivity contribution in [3.8, 4) is 11.1 Å². The van der Waals surface area contributed by atoms with Crippen molar-refractivity contribution in [1.82, 2.24) is 0 Å². The molecule has 2 aliphatic rings. The molecule has 0 nitrogen and oxygen atoms in total. The van der Waals surface area contributed by atoms with Crippen molar-refractivity contribution in [2.24, 2.45) is 10.8 Å². The Kier molecular flexibility index (Phi) is 3.61. The Balaban J connectivity index is 2.04. The van der Waals surface area contributed by atoms with Gasteiger partial charge in [-0.15, -0.1) is 0 Å². The van der Waals surface area contributed by atoms with E-state index in [1.807, 2.05) is 0 Å². The highest BCUT2D eigenvalue weighted by Crippen LogP contribution is 2.66. The summed E-state index contributed by atoms with van der Waals surface area (Å²) in [7, 11) is 0. The molecule has 0 bridgehead atoms. The van der Waals surface area contributed by atoms with Gasteiger partial charge in [0.2, 0.25) is 0 Å². The van der Waals surface area contributed by atoms with E-state index in [4.69, 9.17) is 0 Å². The van der Waals surface area contributed by atoms with Crippen LogP contribution in [0.25, 0.3) is 21.9 Å². The highest BCUT2D eigenvalue weighted by molar-refractivity contribution is 6.06. The summed E-state index contributed by atoms with van der Waals surface area (Å²) in [5.41, 5.74) is 11.2. The predicted molar refractivity (Wildman–Crippen MR) is 126 cm³/mol. The minimum atomic E-state index is 0.0898. The van der Waals surface area contributed by atoms with Gasteiger partial charge in [0, 0.05) is 0 Å². The molecule has 150 valence electrons. The van der Waals surface area contributed by atoms with E-state index in [0.29, 0.717) is 5.92 Å². The molecular weight excluding hydrogens is 348 g/mol. The third kappa shape index (κ3) is 2.06. The van der Waals surface area contributed by atoms with Crippen LogP contribution in [-0.2, 0) is 11.8 Å². The van der Waals surface area contributed by atoms with E-state index in [1.165, 1.54) is 33.0 Å². The summed E-state index contributed by atoms with van der Waals surface area (Å²) < 4.78 is 0. The Labute approximate surface area is 176 Å². The molecule has 29 heavy (non-hydrogen) atoms. The molecule has 0 amide bonds. The lowest BCUT2D eigenvalue weighted by molar-refractivity contribution is -0.00456. The van der Waals surface area contributed by atoms with E-state index in [-0.39, 0.29) is 16.2 Å². The van der Waals surface area contributed by atoms with Crippen LogP contribution in [-0.4, -0.2) is 0 Å². The second-order valence-corrected chi connectivity index (χ2v) is 11.2. The number of hydrogen-bond donors (Lipinski definition) is 0. The largest absolute Gasteiger partial charge is 0.0619 e. The molecule has 0 heteroatoms. The molecule has 2 aliphatic carbocycles. The van der Waals surface area contributed by atoms with Gasteiger partial charge < -0.3 is 0 Å². The zero-order valence-corrected chi connectivity index (χ0v) is 19.3. The minimum absolute atomic E-state index is 0.0898. The van der Waals surface area contributed by atoms with Gasteiger partial charge in [-0.1, -0.05) is 90.9 Å². The highest BCUT2D eigenvalue weighted by Gasteiger charge is 2.57. The number of aryl methyl sites for hydroxylation is 1. The monoisotopic (exact) mass is 382 g/mol. The first-order chi connectivity index (χ1) is 13.5. The third-order valence-electron chi connectivity index (χ3n) is 9.66. The molecular formula is C29H34. The Morgan fingerprint density at radius 3 is 2.28 bits per heavy atom. The van der Waals surface area contributed by atoms with Crippen LogP contribution in [0.4, 0.5) is 0 Å². The van der Waals surface area contributed by atoms with Crippen LogP contribution in [0.15, 0.2) is 42.5 Å². The standard InChI is InChI=1S/C29H34/c1-17-12-11-15-21-23(17)26-24(18(2)27(3,4)29(7,8)28(26,5)6)22-16-19-13-9-10-14-20(19)25(21)22/h9-15,18H,16H2,1-8H3. The van der Waals surface area contributed by atoms with Gasteiger partial charge in [-0.25, -0.2) is 0 Å². The second-order valence-electron chi connectivity index (χ2n) is 11.2. The number of fused-ring (bicyclic) bond motifs is 8. The molecule has 0 aromatic heterocycles. The summed E-state index contributed by atoms with van der Waals surface area (Å²) in [5, 5.41) is 2.97. The van der Waals surface area contributed by atoms with E-state index in [0.717, 1.165) is 6.42 Å². The molecule has 0 saturated carbocycles. The molecule has 0 spiro atoms. The maximum absolute atomic E-state index is 2.50. The van der Waals surface area contributed by atoms with Crippen molar-refractivity contribution < 1.29 is 0 Å². The second kappa shape index (κ2) is 5.54. The summed E-state index contributed by atoms with van der Waals surface area (Å²) in [4.78, 5) is 0. The number of hydrogen-bond acceptors (Lipinski definition) is 0. The molecule has 0 radical (unpaired) electrons. The van der Waals surface area contributed by atoms with Crippen LogP contribution in [0, 0.1) is 17.8 Å². The van der Waals surface area contributed by atoms with E-state index in [2.05, 4.69) is 97.9 Å². The van der Waals surface area contributed by atoms with Gasteiger partial charge in [-0.2, -0.15) is 0 Å². The lowest BCUT2D eigenvalue weighted by atomic mass is 9.43. The molecule has 0 N–H and O–H groups in total. The number of benzene rings is 3. The average Bonchev–Trinajstić information content (AvgIpc) is 3.05. The lowest BCUT2D eigenvalue weighted by Crippen LogP contribution is -2.54. The van der Waals surface area contributed by atoms with E-state index >= 15 is 0 Å². The zero-order valence-electron chi connectivity index (χ0n) is 19.3. The zero-order chi connectivity index (χ0) is 20.9.